The molecule has 2 unspecified atom stereocenters. The Labute approximate surface area is 240 Å². The Balaban J connectivity index is 2.20. The lowest BCUT2D eigenvalue weighted by Gasteiger charge is -2.46. The fraction of sp³-hybridized carbons (Fsp3) is 0.515. The molecule has 0 radical (unpaired) electrons. The van der Waals surface area contributed by atoms with Crippen LogP contribution in [-0.4, -0.2) is 28.8 Å². The van der Waals surface area contributed by atoms with Crippen molar-refractivity contribution in [3.63, 3.8) is 0 Å². The van der Waals surface area contributed by atoms with E-state index in [0.717, 1.165) is 33.5 Å². The molecule has 0 N–H and O–H groups in total. The van der Waals surface area contributed by atoms with Gasteiger partial charge in [-0.2, -0.15) is 0 Å². The lowest BCUT2D eigenvalue weighted by Crippen LogP contribution is -2.49. The molecule has 3 nitrogen and oxygen atoms in total. The topological polar surface area (TPSA) is 35.5 Å². The summed E-state index contributed by atoms with van der Waals surface area (Å²) in [6.07, 6.45) is 1.34. The van der Waals surface area contributed by atoms with E-state index in [4.69, 9.17) is 8.85 Å². The molecule has 0 bridgehead atoms. The number of allylic oxidation sites excluding steroid dienone is 1. The number of benzene rings is 2. The highest BCUT2D eigenvalue weighted by Gasteiger charge is 2.46. The van der Waals surface area contributed by atoms with E-state index < -0.39 is 23.8 Å². The number of hydrogen-bond acceptors (Lipinski definition) is 3. The average molecular weight is 583 g/mol. The van der Waals surface area contributed by atoms with Crippen LogP contribution in [0.2, 0.25) is 36.3 Å². The van der Waals surface area contributed by atoms with Gasteiger partial charge in [0.25, 0.3) is 0 Å². The number of hydrogen-bond donors (Lipinski definition) is 0. The van der Waals surface area contributed by atoms with Gasteiger partial charge < -0.3 is 13.4 Å². The van der Waals surface area contributed by atoms with Crippen molar-refractivity contribution >= 4 is 34.4 Å². The van der Waals surface area contributed by atoms with Crippen molar-refractivity contribution in [1.82, 2.24) is 0 Å². The summed E-state index contributed by atoms with van der Waals surface area (Å²) in [4.78, 5) is 0. The second-order valence-corrected chi connectivity index (χ2v) is 26.6. The van der Waals surface area contributed by atoms with Crippen LogP contribution in [0.15, 0.2) is 83.7 Å². The van der Waals surface area contributed by atoms with Gasteiger partial charge in [0.15, 0.2) is 23.8 Å². The average Bonchev–Trinajstić information content (AvgIpc) is 2.84. The molecule has 0 aromatic heterocycles. The summed E-state index contributed by atoms with van der Waals surface area (Å²) < 4.78 is 29.4. The lowest BCUT2D eigenvalue weighted by atomic mass is 9.86. The molecule has 6 heteroatoms. The highest BCUT2D eigenvalue weighted by Crippen LogP contribution is 2.56. The zero-order chi connectivity index (χ0) is 29.4. The maximum absolute atomic E-state index is 15.3. The monoisotopic (exact) mass is 582 g/mol. The van der Waals surface area contributed by atoms with Crippen molar-refractivity contribution in [2.75, 3.05) is 0 Å². The molecular weight excluding hydrogens is 532 g/mol. The molecule has 214 valence electrons. The second-order valence-electron chi connectivity index (χ2n) is 14.2. The van der Waals surface area contributed by atoms with Gasteiger partial charge in [0.05, 0.1) is 12.2 Å². The quantitative estimate of drug-likeness (QED) is 0.241. The van der Waals surface area contributed by atoms with Gasteiger partial charge in [-0.15, -0.1) is 0 Å². The Kier molecular flexibility index (Phi) is 9.37. The van der Waals surface area contributed by atoms with Crippen LogP contribution in [0.3, 0.4) is 0 Å². The van der Waals surface area contributed by atoms with Crippen molar-refractivity contribution in [3.05, 3.63) is 83.7 Å². The summed E-state index contributed by atoms with van der Waals surface area (Å²) in [5.74, 6) is 0. The van der Waals surface area contributed by atoms with Crippen LogP contribution in [0.25, 0.3) is 0 Å². The lowest BCUT2D eigenvalue weighted by molar-refractivity contribution is 0.0968. The third kappa shape index (κ3) is 6.71. The van der Waals surface area contributed by atoms with Crippen LogP contribution in [0.4, 0.5) is 0 Å². The van der Waals surface area contributed by atoms with E-state index in [0.29, 0.717) is 6.42 Å². The van der Waals surface area contributed by atoms with E-state index in [-0.39, 0.29) is 22.3 Å². The normalized spacial score (nSPS) is 21.2. The van der Waals surface area contributed by atoms with E-state index in [1.165, 1.54) is 0 Å². The molecule has 0 aliphatic heterocycles. The van der Waals surface area contributed by atoms with E-state index in [1.807, 2.05) is 60.7 Å². The van der Waals surface area contributed by atoms with Gasteiger partial charge in [0, 0.05) is 17.0 Å². The van der Waals surface area contributed by atoms with Crippen molar-refractivity contribution < 1.29 is 13.4 Å². The van der Waals surface area contributed by atoms with Gasteiger partial charge in [0.1, 0.15) is 0 Å². The third-order valence-electron chi connectivity index (χ3n) is 9.34. The molecule has 3 rings (SSSR count). The molecular formula is C33H51O3PSi2. The van der Waals surface area contributed by atoms with Gasteiger partial charge in [0.2, 0.25) is 0 Å². The molecule has 0 saturated heterocycles. The zero-order valence-corrected chi connectivity index (χ0v) is 29.1. The van der Waals surface area contributed by atoms with Gasteiger partial charge >= 0.3 is 0 Å². The van der Waals surface area contributed by atoms with Crippen LogP contribution in [0.1, 0.15) is 61.3 Å². The molecule has 39 heavy (non-hydrogen) atoms. The van der Waals surface area contributed by atoms with Gasteiger partial charge in [-0.25, -0.2) is 0 Å². The molecule has 0 spiro atoms. The Morgan fingerprint density at radius 1 is 0.795 bits per heavy atom. The van der Waals surface area contributed by atoms with Gasteiger partial charge in [-0.3, -0.25) is 0 Å². The number of rotatable bonds is 7. The molecule has 1 fully saturated rings. The molecule has 1 aliphatic carbocycles. The molecule has 0 amide bonds. The standard InChI is InChI=1S/C33H51O3PSi2/c1-25-30(26(2)37(34,28-19-15-13-16-20-28)29-21-17-14-18-22-29)23-27(35-38(9,10)32(3,4)5)24-31(25)36-39(11,12)33(6,7)8/h13-22,27,31H,1,23-24H2,2-12H3/b30-26+. The van der Waals surface area contributed by atoms with Crippen molar-refractivity contribution in [3.8, 4) is 0 Å². The maximum atomic E-state index is 15.3. The summed E-state index contributed by atoms with van der Waals surface area (Å²) >= 11 is 0. The van der Waals surface area contributed by atoms with E-state index in [2.05, 4.69) is 81.2 Å². The highest BCUT2D eigenvalue weighted by atomic mass is 31.2. The summed E-state index contributed by atoms with van der Waals surface area (Å²) in [5.41, 5.74) is 2.03. The predicted octanol–water partition coefficient (Wildman–Crippen LogP) is 9.41. The van der Waals surface area contributed by atoms with Crippen LogP contribution < -0.4 is 10.6 Å². The Bertz CT molecular complexity index is 1190. The SMILES string of the molecule is C=C1/C(=C(\C)P(=O)(c2ccccc2)c2ccccc2)CC(O[Si](C)(C)C(C)(C)C)CC1O[Si](C)(C)C(C)(C)C. The highest BCUT2D eigenvalue weighted by molar-refractivity contribution is 7.82. The van der Waals surface area contributed by atoms with Crippen LogP contribution in [0.5, 0.6) is 0 Å². The Morgan fingerprint density at radius 2 is 1.21 bits per heavy atom. The fourth-order valence-electron chi connectivity index (χ4n) is 4.73. The third-order valence-corrected chi connectivity index (χ3v) is 21.6. The largest absolute Gasteiger partial charge is 0.413 e. The summed E-state index contributed by atoms with van der Waals surface area (Å²) in [6.45, 7) is 29.6. The zero-order valence-electron chi connectivity index (χ0n) is 26.2. The van der Waals surface area contributed by atoms with E-state index in [1.54, 1.807) is 0 Å². The fourth-order valence-corrected chi connectivity index (χ4v) is 10.3. The summed E-state index contributed by atoms with van der Waals surface area (Å²) in [6, 6.07) is 19.9. The molecule has 1 aliphatic rings. The first kappa shape index (κ1) is 32.0. The Morgan fingerprint density at radius 3 is 1.62 bits per heavy atom. The molecule has 2 aromatic rings. The first-order chi connectivity index (χ1) is 17.8. The minimum Gasteiger partial charge on any atom is -0.413 e. The summed E-state index contributed by atoms with van der Waals surface area (Å²) in [5, 5.41) is 2.77. The van der Waals surface area contributed by atoms with E-state index >= 15 is 4.57 Å². The van der Waals surface area contributed by atoms with Crippen LogP contribution >= 0.6 is 7.14 Å². The maximum Gasteiger partial charge on any atom is 0.192 e. The molecule has 2 atom stereocenters. The van der Waals surface area contributed by atoms with Crippen LogP contribution in [0, 0.1) is 0 Å². The van der Waals surface area contributed by atoms with Crippen molar-refractivity contribution in [2.45, 2.75) is 110 Å². The van der Waals surface area contributed by atoms with E-state index in [9.17, 15) is 0 Å². The first-order valence-electron chi connectivity index (χ1n) is 14.3. The van der Waals surface area contributed by atoms with Crippen molar-refractivity contribution in [1.29, 1.82) is 0 Å². The second kappa shape index (κ2) is 11.4. The summed E-state index contributed by atoms with van der Waals surface area (Å²) in [7, 11) is -7.25. The van der Waals surface area contributed by atoms with Crippen LogP contribution in [-0.2, 0) is 13.4 Å². The van der Waals surface area contributed by atoms with Gasteiger partial charge in [-0.1, -0.05) is 109 Å². The minimum atomic E-state index is -3.11. The predicted molar refractivity (Wildman–Crippen MR) is 175 cm³/mol. The Hall–Kier alpha value is -1.50. The first-order valence-corrected chi connectivity index (χ1v) is 21.8. The van der Waals surface area contributed by atoms with Gasteiger partial charge in [-0.05, 0) is 66.1 Å². The molecule has 2 aromatic carbocycles. The molecule has 1 saturated carbocycles. The minimum absolute atomic E-state index is 0.00360. The smallest absolute Gasteiger partial charge is 0.192 e. The molecule has 0 heterocycles. The van der Waals surface area contributed by atoms with Crippen molar-refractivity contribution in [2.24, 2.45) is 0 Å².